The van der Waals surface area contributed by atoms with E-state index in [2.05, 4.69) is 43.3 Å². The van der Waals surface area contributed by atoms with Gasteiger partial charge < -0.3 is 0 Å². The first-order valence-electron chi connectivity index (χ1n) is 10.6. The minimum atomic E-state index is -0.461. The third kappa shape index (κ3) is 4.10. The lowest BCUT2D eigenvalue weighted by atomic mass is 9.98. The molecule has 0 saturated carbocycles. The van der Waals surface area contributed by atoms with Crippen LogP contribution >= 0.6 is 0 Å². The number of nitriles is 1. The Morgan fingerprint density at radius 1 is 0.828 bits per heavy atom. The molecule has 0 atom stereocenters. The summed E-state index contributed by atoms with van der Waals surface area (Å²) in [6, 6.07) is 20.0. The van der Waals surface area contributed by atoms with Gasteiger partial charge in [0.15, 0.2) is 0 Å². The summed E-state index contributed by atoms with van der Waals surface area (Å²) in [5, 5.41) is 8.93. The van der Waals surface area contributed by atoms with Crippen molar-refractivity contribution >= 4 is 0 Å². The summed E-state index contributed by atoms with van der Waals surface area (Å²) in [5.74, 6) is -0.461. The van der Waals surface area contributed by atoms with Crippen LogP contribution in [0.1, 0.15) is 61.3 Å². The van der Waals surface area contributed by atoms with E-state index in [4.69, 9.17) is 5.26 Å². The van der Waals surface area contributed by atoms with Crippen LogP contribution in [0.15, 0.2) is 54.6 Å². The van der Waals surface area contributed by atoms with Gasteiger partial charge in [-0.15, -0.1) is 0 Å². The maximum atomic E-state index is 14.0. The zero-order valence-corrected chi connectivity index (χ0v) is 17.0. The Hall–Kier alpha value is -2.92. The van der Waals surface area contributed by atoms with Crippen molar-refractivity contribution in [1.82, 2.24) is 0 Å². The Kier molecular flexibility index (Phi) is 5.76. The van der Waals surface area contributed by atoms with E-state index in [1.165, 1.54) is 66.0 Å². The maximum Gasteiger partial charge on any atom is 0.141 e. The minimum Gasteiger partial charge on any atom is -0.206 e. The van der Waals surface area contributed by atoms with Gasteiger partial charge in [-0.05, 0) is 70.3 Å². The number of hydrogen-bond acceptors (Lipinski definition) is 1. The number of rotatable bonds is 7. The molecule has 0 bridgehead atoms. The van der Waals surface area contributed by atoms with Crippen molar-refractivity contribution in [3.05, 3.63) is 82.7 Å². The Bertz CT molecular complexity index is 1070. The molecule has 146 valence electrons. The summed E-state index contributed by atoms with van der Waals surface area (Å²) in [6.45, 7) is 2.25. The number of hydrogen-bond donors (Lipinski definition) is 0. The van der Waals surface area contributed by atoms with Gasteiger partial charge in [0.1, 0.15) is 11.9 Å². The smallest absolute Gasteiger partial charge is 0.141 e. The lowest BCUT2D eigenvalue weighted by molar-refractivity contribution is 0.624. The predicted octanol–water partition coefficient (Wildman–Crippen LogP) is 7.45. The second-order valence-corrected chi connectivity index (χ2v) is 8.01. The number of fused-ring (bicyclic) bond motifs is 3. The molecule has 1 aliphatic rings. The normalized spacial score (nSPS) is 11.8. The first kappa shape index (κ1) is 19.4. The Morgan fingerprint density at radius 2 is 1.52 bits per heavy atom. The summed E-state index contributed by atoms with van der Waals surface area (Å²) in [7, 11) is 0. The number of benzene rings is 3. The Labute approximate surface area is 172 Å². The van der Waals surface area contributed by atoms with Gasteiger partial charge in [0, 0.05) is 0 Å². The zero-order chi connectivity index (χ0) is 20.2. The van der Waals surface area contributed by atoms with Gasteiger partial charge in [-0.3, -0.25) is 0 Å². The Balaban J connectivity index is 1.51. The van der Waals surface area contributed by atoms with E-state index >= 15 is 0 Å². The van der Waals surface area contributed by atoms with Crippen LogP contribution in [0.5, 0.6) is 0 Å². The summed E-state index contributed by atoms with van der Waals surface area (Å²) in [4.78, 5) is 0. The average molecular weight is 384 g/mol. The van der Waals surface area contributed by atoms with Crippen molar-refractivity contribution < 1.29 is 4.39 Å². The lowest BCUT2D eigenvalue weighted by Gasteiger charge is -2.07. The van der Waals surface area contributed by atoms with Gasteiger partial charge in [-0.1, -0.05) is 75.1 Å². The monoisotopic (exact) mass is 383 g/mol. The van der Waals surface area contributed by atoms with Gasteiger partial charge in [-0.2, -0.15) is 5.26 Å². The van der Waals surface area contributed by atoms with Gasteiger partial charge in [0.05, 0.1) is 5.56 Å². The SMILES string of the molecule is CCCCCCCc1ccc2c(c1)Cc1cc(-c3ccc(C#N)c(F)c3)ccc1-2. The second kappa shape index (κ2) is 8.62. The van der Waals surface area contributed by atoms with Gasteiger partial charge in [0.25, 0.3) is 0 Å². The number of unbranched alkanes of at least 4 members (excludes halogenated alkanes) is 4. The van der Waals surface area contributed by atoms with Crippen molar-refractivity contribution in [3.63, 3.8) is 0 Å². The molecule has 0 aromatic heterocycles. The summed E-state index contributed by atoms with van der Waals surface area (Å²) in [6.07, 6.45) is 8.63. The van der Waals surface area contributed by atoms with Crippen LogP contribution in [0.4, 0.5) is 4.39 Å². The quantitative estimate of drug-likeness (QED) is 0.304. The van der Waals surface area contributed by atoms with Crippen molar-refractivity contribution in [1.29, 1.82) is 5.26 Å². The highest BCUT2D eigenvalue weighted by Crippen LogP contribution is 2.39. The molecule has 0 unspecified atom stereocenters. The first-order valence-corrected chi connectivity index (χ1v) is 10.6. The molecule has 2 heteroatoms. The van der Waals surface area contributed by atoms with E-state index in [-0.39, 0.29) is 5.56 Å². The van der Waals surface area contributed by atoms with Crippen LogP contribution in [0.2, 0.25) is 0 Å². The van der Waals surface area contributed by atoms with E-state index in [0.717, 1.165) is 24.0 Å². The van der Waals surface area contributed by atoms with E-state index in [9.17, 15) is 4.39 Å². The molecule has 0 aliphatic heterocycles. The third-order valence-electron chi connectivity index (χ3n) is 5.94. The average Bonchev–Trinajstić information content (AvgIpc) is 3.10. The van der Waals surface area contributed by atoms with E-state index < -0.39 is 5.82 Å². The molecule has 0 spiro atoms. The number of halogens is 1. The van der Waals surface area contributed by atoms with Crippen molar-refractivity contribution in [2.75, 3.05) is 0 Å². The Morgan fingerprint density at radius 3 is 2.28 bits per heavy atom. The molecule has 0 amide bonds. The molecule has 1 aliphatic carbocycles. The van der Waals surface area contributed by atoms with Crippen LogP contribution in [0.25, 0.3) is 22.3 Å². The third-order valence-corrected chi connectivity index (χ3v) is 5.94. The predicted molar refractivity (Wildman–Crippen MR) is 117 cm³/mol. The minimum absolute atomic E-state index is 0.0875. The summed E-state index contributed by atoms with van der Waals surface area (Å²) >= 11 is 0. The van der Waals surface area contributed by atoms with E-state index in [0.29, 0.717) is 0 Å². The van der Waals surface area contributed by atoms with Gasteiger partial charge in [-0.25, -0.2) is 4.39 Å². The molecule has 0 heterocycles. The van der Waals surface area contributed by atoms with Crippen LogP contribution in [0.3, 0.4) is 0 Å². The standard InChI is InChI=1S/C27H26FN/c1-2-3-4-5-6-7-19-8-12-25-23(14-19)16-24-15-20(11-13-26(24)25)21-9-10-22(18-29)27(28)17-21/h8-15,17H,2-7,16H2,1H3. The number of nitrogens with zero attached hydrogens (tertiary/aromatic N) is 1. The lowest BCUT2D eigenvalue weighted by Crippen LogP contribution is -1.89. The highest BCUT2D eigenvalue weighted by Gasteiger charge is 2.19. The molecular formula is C27H26FN. The molecule has 0 radical (unpaired) electrons. The van der Waals surface area contributed by atoms with E-state index in [1.807, 2.05) is 12.1 Å². The molecule has 1 nitrogen and oxygen atoms in total. The fourth-order valence-electron chi connectivity index (χ4n) is 4.32. The van der Waals surface area contributed by atoms with Crippen molar-refractivity contribution in [2.45, 2.75) is 51.9 Å². The van der Waals surface area contributed by atoms with E-state index in [1.54, 1.807) is 6.07 Å². The van der Waals surface area contributed by atoms with Crippen LogP contribution in [0, 0.1) is 17.1 Å². The topological polar surface area (TPSA) is 23.8 Å². The maximum absolute atomic E-state index is 14.0. The molecule has 3 aromatic carbocycles. The van der Waals surface area contributed by atoms with Gasteiger partial charge >= 0.3 is 0 Å². The molecule has 29 heavy (non-hydrogen) atoms. The first-order chi connectivity index (χ1) is 14.2. The van der Waals surface area contributed by atoms with Crippen molar-refractivity contribution in [3.8, 4) is 28.3 Å². The molecular weight excluding hydrogens is 357 g/mol. The number of aryl methyl sites for hydroxylation is 1. The second-order valence-electron chi connectivity index (χ2n) is 8.01. The molecule has 0 N–H and O–H groups in total. The molecule has 0 fully saturated rings. The van der Waals surface area contributed by atoms with Crippen LogP contribution < -0.4 is 0 Å². The zero-order valence-electron chi connectivity index (χ0n) is 17.0. The summed E-state index contributed by atoms with van der Waals surface area (Å²) < 4.78 is 14.0. The van der Waals surface area contributed by atoms with Crippen LogP contribution in [-0.2, 0) is 12.8 Å². The summed E-state index contributed by atoms with van der Waals surface area (Å²) in [5.41, 5.74) is 8.63. The van der Waals surface area contributed by atoms with Crippen LogP contribution in [-0.4, -0.2) is 0 Å². The highest BCUT2D eigenvalue weighted by atomic mass is 19.1. The highest BCUT2D eigenvalue weighted by molar-refractivity contribution is 5.80. The fourth-order valence-corrected chi connectivity index (χ4v) is 4.32. The fraction of sp³-hybridized carbons (Fsp3) is 0.296. The molecule has 3 aromatic rings. The van der Waals surface area contributed by atoms with Crippen molar-refractivity contribution in [2.24, 2.45) is 0 Å². The molecule has 4 rings (SSSR count). The van der Waals surface area contributed by atoms with Gasteiger partial charge in [0.2, 0.25) is 0 Å². The molecule has 0 saturated heterocycles. The largest absolute Gasteiger partial charge is 0.206 e.